The van der Waals surface area contributed by atoms with E-state index in [0.29, 0.717) is 6.04 Å². The second-order valence-corrected chi connectivity index (χ2v) is 4.79. The third-order valence-electron chi connectivity index (χ3n) is 2.54. The van der Waals surface area contributed by atoms with Gasteiger partial charge in [0.15, 0.2) is 0 Å². The van der Waals surface area contributed by atoms with E-state index in [1.807, 2.05) is 18.2 Å². The van der Waals surface area contributed by atoms with Crippen LogP contribution in [0.4, 0.5) is 0 Å². The van der Waals surface area contributed by atoms with E-state index in [4.69, 9.17) is 11.6 Å². The fourth-order valence-corrected chi connectivity index (χ4v) is 1.82. The Morgan fingerprint density at radius 2 is 1.87 bits per heavy atom. The van der Waals surface area contributed by atoms with E-state index in [9.17, 15) is 0 Å². The van der Waals surface area contributed by atoms with Gasteiger partial charge in [0, 0.05) is 11.1 Å². The molecule has 0 saturated heterocycles. The van der Waals surface area contributed by atoms with Gasteiger partial charge >= 0.3 is 0 Å². The fourth-order valence-electron chi connectivity index (χ4n) is 1.52. The van der Waals surface area contributed by atoms with Crippen LogP contribution in [0.5, 0.6) is 0 Å². The molecule has 0 aliphatic heterocycles. The standard InChI is InChI=1S/C13H20ClN/c1-10(2)8-9-15-11(3)12-6-4-5-7-13(12)14/h4-7,10-11,15H,8-9H2,1-3H3/t11-/m0/s1. The zero-order chi connectivity index (χ0) is 11.3. The van der Waals surface area contributed by atoms with Gasteiger partial charge in [-0.25, -0.2) is 0 Å². The molecule has 0 aromatic heterocycles. The van der Waals surface area contributed by atoms with Crippen molar-refractivity contribution in [1.82, 2.24) is 5.32 Å². The van der Waals surface area contributed by atoms with Gasteiger partial charge in [0.25, 0.3) is 0 Å². The molecule has 0 aliphatic rings. The first kappa shape index (κ1) is 12.5. The van der Waals surface area contributed by atoms with Gasteiger partial charge in [-0.05, 0) is 37.4 Å². The maximum Gasteiger partial charge on any atom is 0.0453 e. The second-order valence-electron chi connectivity index (χ2n) is 4.38. The molecule has 1 atom stereocenters. The highest BCUT2D eigenvalue weighted by atomic mass is 35.5. The number of hydrogen-bond donors (Lipinski definition) is 1. The Labute approximate surface area is 97.8 Å². The average molecular weight is 226 g/mol. The molecule has 0 radical (unpaired) electrons. The summed E-state index contributed by atoms with van der Waals surface area (Å²) in [6.45, 7) is 7.68. The van der Waals surface area contributed by atoms with Gasteiger partial charge in [-0.3, -0.25) is 0 Å². The first-order valence-corrected chi connectivity index (χ1v) is 5.97. The summed E-state index contributed by atoms with van der Waals surface area (Å²) in [7, 11) is 0. The molecular formula is C13H20ClN. The van der Waals surface area contributed by atoms with Crippen molar-refractivity contribution in [1.29, 1.82) is 0 Å². The molecule has 1 nitrogen and oxygen atoms in total. The van der Waals surface area contributed by atoms with Crippen LogP contribution in [0.15, 0.2) is 24.3 Å². The SMILES string of the molecule is CC(C)CCN[C@@H](C)c1ccccc1Cl. The summed E-state index contributed by atoms with van der Waals surface area (Å²) in [5, 5.41) is 4.34. The summed E-state index contributed by atoms with van der Waals surface area (Å²) in [6, 6.07) is 8.35. The number of nitrogens with one attached hydrogen (secondary N) is 1. The molecule has 0 fully saturated rings. The third kappa shape index (κ3) is 4.23. The smallest absolute Gasteiger partial charge is 0.0453 e. The zero-order valence-electron chi connectivity index (χ0n) is 9.76. The molecule has 1 rings (SSSR count). The van der Waals surface area contributed by atoms with Crippen molar-refractivity contribution in [3.63, 3.8) is 0 Å². The van der Waals surface area contributed by atoms with Crippen LogP contribution in [-0.4, -0.2) is 6.54 Å². The lowest BCUT2D eigenvalue weighted by Crippen LogP contribution is -2.21. The van der Waals surface area contributed by atoms with Crippen LogP contribution < -0.4 is 5.32 Å². The molecule has 0 spiro atoms. The normalized spacial score (nSPS) is 13.1. The number of halogens is 1. The second kappa shape index (κ2) is 6.14. The van der Waals surface area contributed by atoms with Gasteiger partial charge in [-0.15, -0.1) is 0 Å². The van der Waals surface area contributed by atoms with E-state index in [-0.39, 0.29) is 0 Å². The van der Waals surface area contributed by atoms with Crippen LogP contribution in [0, 0.1) is 5.92 Å². The van der Waals surface area contributed by atoms with E-state index in [2.05, 4.69) is 32.2 Å². The van der Waals surface area contributed by atoms with Crippen molar-refractivity contribution in [2.75, 3.05) is 6.54 Å². The van der Waals surface area contributed by atoms with E-state index in [0.717, 1.165) is 17.5 Å². The van der Waals surface area contributed by atoms with E-state index in [1.54, 1.807) is 0 Å². The molecule has 0 heterocycles. The first-order chi connectivity index (χ1) is 7.11. The Morgan fingerprint density at radius 1 is 1.20 bits per heavy atom. The highest BCUT2D eigenvalue weighted by Crippen LogP contribution is 2.21. The molecule has 0 saturated carbocycles. The Morgan fingerprint density at radius 3 is 2.47 bits per heavy atom. The molecule has 1 aromatic rings. The molecule has 15 heavy (non-hydrogen) atoms. The lowest BCUT2D eigenvalue weighted by molar-refractivity contribution is 0.497. The van der Waals surface area contributed by atoms with Crippen molar-refractivity contribution in [2.24, 2.45) is 5.92 Å². The Bertz CT molecular complexity index is 296. The summed E-state index contributed by atoms with van der Waals surface area (Å²) in [5.74, 6) is 0.746. The largest absolute Gasteiger partial charge is 0.310 e. The van der Waals surface area contributed by atoms with Gasteiger partial charge in [-0.2, -0.15) is 0 Å². The van der Waals surface area contributed by atoms with E-state index < -0.39 is 0 Å². The third-order valence-corrected chi connectivity index (χ3v) is 2.89. The van der Waals surface area contributed by atoms with Crippen LogP contribution >= 0.6 is 11.6 Å². The minimum atomic E-state index is 0.331. The molecule has 0 bridgehead atoms. The van der Waals surface area contributed by atoms with Crippen LogP contribution in [0.2, 0.25) is 5.02 Å². The molecular weight excluding hydrogens is 206 g/mol. The minimum absolute atomic E-state index is 0.331. The predicted molar refractivity (Wildman–Crippen MR) is 67.3 cm³/mol. The Kier molecular flexibility index (Phi) is 5.13. The topological polar surface area (TPSA) is 12.0 Å². The minimum Gasteiger partial charge on any atom is -0.310 e. The molecule has 1 aromatic carbocycles. The summed E-state index contributed by atoms with van der Waals surface area (Å²) in [6.07, 6.45) is 1.20. The molecule has 0 amide bonds. The van der Waals surface area contributed by atoms with Gasteiger partial charge in [0.05, 0.1) is 0 Å². The van der Waals surface area contributed by atoms with Crippen LogP contribution in [-0.2, 0) is 0 Å². The maximum atomic E-state index is 6.12. The summed E-state index contributed by atoms with van der Waals surface area (Å²) in [4.78, 5) is 0. The van der Waals surface area contributed by atoms with E-state index in [1.165, 1.54) is 12.0 Å². The van der Waals surface area contributed by atoms with E-state index >= 15 is 0 Å². The van der Waals surface area contributed by atoms with Crippen molar-refractivity contribution in [2.45, 2.75) is 33.2 Å². The maximum absolute atomic E-state index is 6.12. The first-order valence-electron chi connectivity index (χ1n) is 5.59. The predicted octanol–water partition coefficient (Wildman–Crippen LogP) is 4.04. The summed E-state index contributed by atoms with van der Waals surface area (Å²) < 4.78 is 0. The average Bonchev–Trinajstić information content (AvgIpc) is 2.17. The monoisotopic (exact) mass is 225 g/mol. The molecule has 0 unspecified atom stereocenters. The van der Waals surface area contributed by atoms with Crippen molar-refractivity contribution in [3.8, 4) is 0 Å². The van der Waals surface area contributed by atoms with Gasteiger partial charge in [0.1, 0.15) is 0 Å². The molecule has 2 heteroatoms. The molecule has 1 N–H and O–H groups in total. The van der Waals surface area contributed by atoms with Gasteiger partial charge in [-0.1, -0.05) is 43.6 Å². The highest BCUT2D eigenvalue weighted by molar-refractivity contribution is 6.31. The van der Waals surface area contributed by atoms with Crippen molar-refractivity contribution < 1.29 is 0 Å². The highest BCUT2D eigenvalue weighted by Gasteiger charge is 2.07. The number of rotatable bonds is 5. The Balaban J connectivity index is 2.47. The summed E-state index contributed by atoms with van der Waals surface area (Å²) >= 11 is 6.12. The molecule has 84 valence electrons. The number of hydrogen-bond acceptors (Lipinski definition) is 1. The lowest BCUT2D eigenvalue weighted by atomic mass is 10.1. The fraction of sp³-hybridized carbons (Fsp3) is 0.538. The van der Waals surface area contributed by atoms with Gasteiger partial charge < -0.3 is 5.32 Å². The Hall–Kier alpha value is -0.530. The summed E-state index contributed by atoms with van der Waals surface area (Å²) in [5.41, 5.74) is 1.18. The van der Waals surface area contributed by atoms with Crippen molar-refractivity contribution >= 4 is 11.6 Å². The zero-order valence-corrected chi connectivity index (χ0v) is 10.5. The molecule has 0 aliphatic carbocycles. The quantitative estimate of drug-likeness (QED) is 0.798. The number of benzene rings is 1. The van der Waals surface area contributed by atoms with Crippen LogP contribution in [0.25, 0.3) is 0 Å². The lowest BCUT2D eigenvalue weighted by Gasteiger charge is -2.16. The van der Waals surface area contributed by atoms with Crippen molar-refractivity contribution in [3.05, 3.63) is 34.9 Å². The van der Waals surface area contributed by atoms with Crippen LogP contribution in [0.3, 0.4) is 0 Å². The van der Waals surface area contributed by atoms with Gasteiger partial charge in [0.2, 0.25) is 0 Å². The van der Waals surface area contributed by atoms with Crippen LogP contribution in [0.1, 0.15) is 38.8 Å².